The van der Waals surface area contributed by atoms with Crippen molar-refractivity contribution in [2.75, 3.05) is 6.54 Å². The fourth-order valence-corrected chi connectivity index (χ4v) is 2.62. The highest BCUT2D eigenvalue weighted by Gasteiger charge is 2.48. The van der Waals surface area contributed by atoms with E-state index in [0.29, 0.717) is 0 Å². The van der Waals surface area contributed by atoms with Gasteiger partial charge in [0.1, 0.15) is 0 Å². The Morgan fingerprint density at radius 2 is 1.78 bits per heavy atom. The summed E-state index contributed by atoms with van der Waals surface area (Å²) < 4.78 is 30.6. The lowest BCUT2D eigenvalue weighted by atomic mass is 10.4. The Morgan fingerprint density at radius 3 is 2.26 bits per heavy atom. The maximum atomic E-state index is 11.6. The van der Waals surface area contributed by atoms with Crippen LogP contribution in [0.5, 0.6) is 0 Å². The van der Waals surface area contributed by atoms with Crippen LogP contribution >= 0.6 is 0 Å². The number of amides is 4. The van der Waals surface area contributed by atoms with Crippen LogP contribution in [0.15, 0.2) is 12.2 Å². The van der Waals surface area contributed by atoms with Crippen LogP contribution in [-0.2, 0) is 38.9 Å². The molecule has 23 heavy (non-hydrogen) atoms. The molecule has 0 unspecified atom stereocenters. The van der Waals surface area contributed by atoms with Crippen LogP contribution in [0.1, 0.15) is 12.8 Å². The minimum Gasteiger partial charge on any atom is -0.330 e. The zero-order valence-corrected chi connectivity index (χ0v) is 12.2. The van der Waals surface area contributed by atoms with E-state index in [1.54, 1.807) is 0 Å². The zero-order valence-electron chi connectivity index (χ0n) is 11.4. The molecule has 2 rings (SSSR count). The fourth-order valence-electron chi connectivity index (χ4n) is 1.91. The molecule has 1 saturated heterocycles. The first-order valence-corrected chi connectivity index (χ1v) is 7.69. The van der Waals surface area contributed by atoms with E-state index in [1.807, 2.05) is 0 Å². The van der Waals surface area contributed by atoms with Crippen LogP contribution in [0.2, 0.25) is 0 Å². The quantitative estimate of drug-likeness (QED) is 0.430. The number of hydroxylamine groups is 2. The Bertz CT molecular complexity index is 721. The molecule has 1 N–H and O–H groups in total. The van der Waals surface area contributed by atoms with Crippen molar-refractivity contribution in [3.8, 4) is 0 Å². The Balaban J connectivity index is 1.93. The van der Waals surface area contributed by atoms with Crippen molar-refractivity contribution in [2.24, 2.45) is 0 Å². The van der Waals surface area contributed by atoms with E-state index in [-0.39, 0.29) is 11.6 Å². The number of carbonyl (C=O) groups is 5. The van der Waals surface area contributed by atoms with Crippen molar-refractivity contribution in [3.63, 3.8) is 0 Å². The van der Waals surface area contributed by atoms with Gasteiger partial charge in [-0.2, -0.15) is 8.42 Å². The maximum Gasteiger partial charge on any atom is 0.335 e. The molecule has 2 aliphatic heterocycles. The average molecular weight is 346 g/mol. The Morgan fingerprint density at radius 1 is 1.22 bits per heavy atom. The van der Waals surface area contributed by atoms with Crippen molar-refractivity contribution in [2.45, 2.75) is 18.1 Å². The van der Waals surface area contributed by atoms with Crippen LogP contribution in [0, 0.1) is 0 Å². The van der Waals surface area contributed by atoms with Crippen molar-refractivity contribution in [1.29, 1.82) is 0 Å². The molecule has 1 atom stereocenters. The monoisotopic (exact) mass is 346 g/mol. The second-order valence-corrected chi connectivity index (χ2v) is 6.21. The molecule has 11 nitrogen and oxygen atoms in total. The summed E-state index contributed by atoms with van der Waals surface area (Å²) >= 11 is 0. The third-order valence-electron chi connectivity index (χ3n) is 3.05. The van der Waals surface area contributed by atoms with Gasteiger partial charge in [0.2, 0.25) is 0 Å². The molecule has 4 amide bonds. The van der Waals surface area contributed by atoms with Gasteiger partial charge in [-0.3, -0.25) is 28.6 Å². The smallest absolute Gasteiger partial charge is 0.330 e. The summed E-state index contributed by atoms with van der Waals surface area (Å²) in [6.07, 6.45) is 0.667. The number of carbonyl (C=O) groups excluding carboxylic acids is 5. The molecule has 124 valence electrons. The molecule has 2 aliphatic rings. The molecule has 0 spiro atoms. The number of imide groups is 2. The van der Waals surface area contributed by atoms with Gasteiger partial charge in [0.05, 0.1) is 12.8 Å². The summed E-state index contributed by atoms with van der Waals surface area (Å²) in [5.74, 6) is -4.87. The molecule has 2 heterocycles. The molecule has 1 fully saturated rings. The third-order valence-corrected chi connectivity index (χ3v) is 4.14. The van der Waals surface area contributed by atoms with Gasteiger partial charge in [-0.15, -0.1) is 5.06 Å². The van der Waals surface area contributed by atoms with E-state index in [1.165, 1.54) is 0 Å². The number of hydrogen-bond donors (Lipinski definition) is 1. The highest BCUT2D eigenvalue weighted by Crippen LogP contribution is 2.20. The van der Waals surface area contributed by atoms with E-state index < -0.39 is 57.8 Å². The van der Waals surface area contributed by atoms with Gasteiger partial charge in [-0.1, -0.05) is 0 Å². The normalized spacial score (nSPS) is 21.5. The first-order chi connectivity index (χ1) is 10.6. The predicted octanol–water partition coefficient (Wildman–Crippen LogP) is -2.22. The van der Waals surface area contributed by atoms with Gasteiger partial charge in [0.25, 0.3) is 33.7 Å². The minimum atomic E-state index is -4.80. The number of rotatable bonds is 5. The summed E-state index contributed by atoms with van der Waals surface area (Å²) in [6.45, 7) is -0.332. The molecular weight excluding hydrogens is 336 g/mol. The largest absolute Gasteiger partial charge is 0.335 e. The molecular formula is C11H10N2O9S. The van der Waals surface area contributed by atoms with Gasteiger partial charge in [0, 0.05) is 18.7 Å². The van der Waals surface area contributed by atoms with Gasteiger partial charge in [-0.05, 0) is 0 Å². The Kier molecular flexibility index (Phi) is 4.29. The molecule has 0 radical (unpaired) electrons. The summed E-state index contributed by atoms with van der Waals surface area (Å²) in [6, 6.07) is 0. The van der Waals surface area contributed by atoms with Crippen molar-refractivity contribution < 1.29 is 41.8 Å². The van der Waals surface area contributed by atoms with E-state index in [9.17, 15) is 32.4 Å². The number of hydrogen-bond acceptors (Lipinski definition) is 8. The maximum absolute atomic E-state index is 11.6. The second kappa shape index (κ2) is 5.89. The van der Waals surface area contributed by atoms with Crippen molar-refractivity contribution in [1.82, 2.24) is 9.96 Å². The third kappa shape index (κ3) is 3.43. The molecule has 0 aromatic heterocycles. The van der Waals surface area contributed by atoms with Crippen LogP contribution < -0.4 is 0 Å². The van der Waals surface area contributed by atoms with E-state index >= 15 is 0 Å². The minimum absolute atomic E-state index is 0.0490. The Labute approximate surface area is 129 Å². The lowest BCUT2D eigenvalue weighted by molar-refractivity contribution is -0.197. The number of nitrogens with zero attached hydrogens (tertiary/aromatic N) is 2. The molecule has 0 aliphatic carbocycles. The van der Waals surface area contributed by atoms with E-state index in [0.717, 1.165) is 17.1 Å². The molecule has 0 aromatic rings. The van der Waals surface area contributed by atoms with Gasteiger partial charge in [0.15, 0.2) is 5.25 Å². The van der Waals surface area contributed by atoms with E-state index in [2.05, 4.69) is 4.84 Å². The summed E-state index contributed by atoms with van der Waals surface area (Å²) in [7, 11) is -4.80. The molecule has 12 heteroatoms. The van der Waals surface area contributed by atoms with Crippen LogP contribution in [-0.4, -0.2) is 64.3 Å². The predicted molar refractivity (Wildman–Crippen MR) is 68.4 cm³/mol. The van der Waals surface area contributed by atoms with Gasteiger partial charge >= 0.3 is 5.97 Å². The SMILES string of the molecule is O=C(CCN1C(=O)C=CC1=O)ON1C(=O)C[C@@H](S(=O)(=O)O)C1=O. The second-order valence-electron chi connectivity index (χ2n) is 4.61. The zero-order chi connectivity index (χ0) is 17.4. The standard InChI is InChI=1S/C11H10N2O9S/c14-7-1-2-8(15)12(7)4-3-10(17)22-13-9(16)5-6(11(13)18)23(19,20)21/h1-2,6H,3-5H2,(H,19,20,21)/t6-/m1/s1. The van der Waals surface area contributed by atoms with Crippen LogP contribution in [0.3, 0.4) is 0 Å². The van der Waals surface area contributed by atoms with Crippen LogP contribution in [0.4, 0.5) is 0 Å². The van der Waals surface area contributed by atoms with Gasteiger partial charge < -0.3 is 4.84 Å². The summed E-state index contributed by atoms with van der Waals surface area (Å²) in [5.41, 5.74) is 0. The highest BCUT2D eigenvalue weighted by atomic mass is 32.2. The van der Waals surface area contributed by atoms with E-state index in [4.69, 9.17) is 4.55 Å². The molecule has 0 saturated carbocycles. The highest BCUT2D eigenvalue weighted by molar-refractivity contribution is 7.87. The first kappa shape index (κ1) is 16.8. The summed E-state index contributed by atoms with van der Waals surface area (Å²) in [5, 5.41) is -2.07. The Hall–Kier alpha value is -2.60. The lowest BCUT2D eigenvalue weighted by Gasteiger charge is -2.15. The lowest BCUT2D eigenvalue weighted by Crippen LogP contribution is -2.38. The van der Waals surface area contributed by atoms with Crippen LogP contribution in [0.25, 0.3) is 0 Å². The summed E-state index contributed by atoms with van der Waals surface area (Å²) in [4.78, 5) is 62.3. The topological polar surface area (TPSA) is 155 Å². The first-order valence-electron chi connectivity index (χ1n) is 6.18. The molecule has 0 aromatic carbocycles. The molecule has 0 bridgehead atoms. The average Bonchev–Trinajstić information content (AvgIpc) is 2.90. The fraction of sp³-hybridized carbons (Fsp3) is 0.364. The van der Waals surface area contributed by atoms with Crippen molar-refractivity contribution in [3.05, 3.63) is 12.2 Å². The van der Waals surface area contributed by atoms with Gasteiger partial charge in [-0.25, -0.2) is 4.79 Å². The van der Waals surface area contributed by atoms with Crippen molar-refractivity contribution >= 4 is 39.7 Å².